The zero-order valence-corrected chi connectivity index (χ0v) is 18.5. The van der Waals surface area contributed by atoms with E-state index >= 15 is 0 Å². The fourth-order valence-electron chi connectivity index (χ4n) is 3.15. The van der Waals surface area contributed by atoms with E-state index in [9.17, 15) is 14.4 Å². The number of anilines is 1. The number of rotatable bonds is 7. The Balaban J connectivity index is 1.46. The van der Waals surface area contributed by atoms with E-state index in [1.807, 2.05) is 18.2 Å². The first-order valence-corrected chi connectivity index (χ1v) is 11.4. The second kappa shape index (κ2) is 9.89. The van der Waals surface area contributed by atoms with Gasteiger partial charge in [-0.1, -0.05) is 41.9 Å². The molecular weight excluding hydrogens is 448 g/mol. The maximum absolute atomic E-state index is 12.6. The second-order valence-electron chi connectivity index (χ2n) is 7.08. The molecule has 0 unspecified atom stereocenters. The molecule has 1 heterocycles. The summed E-state index contributed by atoms with van der Waals surface area (Å²) in [5.74, 6) is 1.31. The average molecular weight is 467 g/mol. The van der Waals surface area contributed by atoms with Crippen molar-refractivity contribution in [3.8, 4) is 11.5 Å². The van der Waals surface area contributed by atoms with Gasteiger partial charge in [-0.3, -0.25) is 14.4 Å². The number of carbonyl (C=O) groups is 3. The van der Waals surface area contributed by atoms with Crippen molar-refractivity contribution in [3.63, 3.8) is 0 Å². The van der Waals surface area contributed by atoms with Crippen LogP contribution >= 0.6 is 23.4 Å². The number of nitrogens with zero attached hydrogens (tertiary/aromatic N) is 1. The summed E-state index contributed by atoms with van der Waals surface area (Å²) in [6.45, 7) is -0.0336. The number of ether oxygens (including phenoxy) is 1. The van der Waals surface area contributed by atoms with Crippen LogP contribution in [0.15, 0.2) is 72.8 Å². The summed E-state index contributed by atoms with van der Waals surface area (Å²) >= 11 is 7.57. The number of hydrogen-bond acceptors (Lipinski definition) is 5. The average Bonchev–Trinajstić information content (AvgIpc) is 3.20. The SMILES string of the molecule is O=C(CN1CSCC1=O)Nc1cc(Cl)ccc1Oc1ccc(C(=O)c2ccccc2)cc1. The third kappa shape index (κ3) is 5.30. The fraction of sp³-hybridized carbons (Fsp3) is 0.125. The third-order valence-corrected chi connectivity index (χ3v) is 5.94. The Kier molecular flexibility index (Phi) is 6.78. The fourth-order valence-corrected chi connectivity index (χ4v) is 4.23. The topological polar surface area (TPSA) is 75.7 Å². The smallest absolute Gasteiger partial charge is 0.244 e. The number of halogens is 1. The van der Waals surface area contributed by atoms with Crippen molar-refractivity contribution >= 4 is 46.6 Å². The maximum atomic E-state index is 12.6. The van der Waals surface area contributed by atoms with Crippen molar-refractivity contribution in [2.75, 3.05) is 23.5 Å². The van der Waals surface area contributed by atoms with Crippen LogP contribution in [0.2, 0.25) is 5.02 Å². The van der Waals surface area contributed by atoms with E-state index in [2.05, 4.69) is 5.32 Å². The summed E-state index contributed by atoms with van der Waals surface area (Å²) in [6, 6.07) is 20.7. The van der Waals surface area contributed by atoms with Crippen molar-refractivity contribution in [1.29, 1.82) is 0 Å². The minimum atomic E-state index is -0.336. The summed E-state index contributed by atoms with van der Waals surface area (Å²) in [5, 5.41) is 3.20. The monoisotopic (exact) mass is 466 g/mol. The molecule has 162 valence electrons. The van der Waals surface area contributed by atoms with Gasteiger partial charge in [-0.15, -0.1) is 11.8 Å². The zero-order chi connectivity index (χ0) is 22.5. The Morgan fingerprint density at radius 2 is 1.72 bits per heavy atom. The number of carbonyl (C=O) groups excluding carboxylic acids is 3. The zero-order valence-electron chi connectivity index (χ0n) is 16.9. The minimum Gasteiger partial charge on any atom is -0.455 e. The summed E-state index contributed by atoms with van der Waals surface area (Å²) in [4.78, 5) is 38.2. The first-order valence-electron chi connectivity index (χ1n) is 9.82. The van der Waals surface area contributed by atoms with Crippen molar-refractivity contribution in [1.82, 2.24) is 4.90 Å². The highest BCUT2D eigenvalue weighted by Gasteiger charge is 2.23. The standard InChI is InChI=1S/C24H19ClN2O4S/c25-18-8-11-21(20(12-18)26-22(28)13-27-15-32-14-23(27)29)31-19-9-6-17(7-10-19)24(30)16-4-2-1-3-5-16/h1-12H,13-15H2,(H,26,28). The van der Waals surface area contributed by atoms with Gasteiger partial charge in [0.05, 0.1) is 17.3 Å². The lowest BCUT2D eigenvalue weighted by atomic mass is 10.0. The highest BCUT2D eigenvalue weighted by atomic mass is 35.5. The quantitative estimate of drug-likeness (QED) is 0.504. The predicted octanol–water partition coefficient (Wildman–Crippen LogP) is 4.83. The summed E-state index contributed by atoms with van der Waals surface area (Å²) in [6.07, 6.45) is 0. The Morgan fingerprint density at radius 1 is 1.00 bits per heavy atom. The van der Waals surface area contributed by atoms with Crippen LogP contribution in [0.5, 0.6) is 11.5 Å². The van der Waals surface area contributed by atoms with Crippen molar-refractivity contribution in [3.05, 3.63) is 88.9 Å². The van der Waals surface area contributed by atoms with E-state index in [0.29, 0.717) is 45.0 Å². The normalized spacial score (nSPS) is 13.2. The lowest BCUT2D eigenvalue weighted by molar-refractivity contribution is -0.130. The number of nitrogens with one attached hydrogen (secondary N) is 1. The first-order chi connectivity index (χ1) is 15.5. The van der Waals surface area contributed by atoms with E-state index in [1.54, 1.807) is 54.6 Å². The molecule has 3 aromatic carbocycles. The number of thioether (sulfide) groups is 1. The molecular formula is C24H19ClN2O4S. The van der Waals surface area contributed by atoms with E-state index in [1.165, 1.54) is 16.7 Å². The number of benzene rings is 3. The van der Waals surface area contributed by atoms with Gasteiger partial charge >= 0.3 is 0 Å². The van der Waals surface area contributed by atoms with Gasteiger partial charge in [0, 0.05) is 16.1 Å². The third-order valence-electron chi connectivity index (χ3n) is 4.76. The van der Waals surface area contributed by atoms with Gasteiger partial charge < -0.3 is 15.0 Å². The minimum absolute atomic E-state index is 0.0336. The molecule has 1 N–H and O–H groups in total. The molecule has 32 heavy (non-hydrogen) atoms. The van der Waals surface area contributed by atoms with Gasteiger partial charge in [-0.2, -0.15) is 0 Å². The maximum Gasteiger partial charge on any atom is 0.244 e. The van der Waals surface area contributed by atoms with Crippen LogP contribution in [0, 0.1) is 0 Å². The molecule has 6 nitrogen and oxygen atoms in total. The Labute approximate surface area is 194 Å². The van der Waals surface area contributed by atoms with Crippen LogP contribution < -0.4 is 10.1 Å². The van der Waals surface area contributed by atoms with Crippen LogP contribution in [-0.4, -0.2) is 40.7 Å². The highest BCUT2D eigenvalue weighted by molar-refractivity contribution is 8.00. The van der Waals surface area contributed by atoms with Crippen molar-refractivity contribution in [2.45, 2.75) is 0 Å². The van der Waals surface area contributed by atoms with Crippen molar-refractivity contribution < 1.29 is 19.1 Å². The lowest BCUT2D eigenvalue weighted by Crippen LogP contribution is -2.34. The molecule has 8 heteroatoms. The number of ketones is 1. The molecule has 0 atom stereocenters. The predicted molar refractivity (Wildman–Crippen MR) is 126 cm³/mol. The van der Waals surface area contributed by atoms with Crippen molar-refractivity contribution in [2.24, 2.45) is 0 Å². The van der Waals surface area contributed by atoms with E-state index in [0.717, 1.165) is 0 Å². The van der Waals surface area contributed by atoms with Gasteiger partial charge in [0.1, 0.15) is 12.3 Å². The van der Waals surface area contributed by atoms with Gasteiger partial charge in [-0.25, -0.2) is 0 Å². The van der Waals surface area contributed by atoms with Gasteiger partial charge in [-0.05, 0) is 42.5 Å². The molecule has 0 aliphatic carbocycles. The second-order valence-corrected chi connectivity index (χ2v) is 8.47. The molecule has 0 bridgehead atoms. The molecule has 1 fully saturated rings. The Bertz CT molecular complexity index is 1150. The lowest BCUT2D eigenvalue weighted by Gasteiger charge is -2.16. The van der Waals surface area contributed by atoms with Crippen LogP contribution in [0.4, 0.5) is 5.69 Å². The molecule has 1 aliphatic rings. The van der Waals surface area contributed by atoms with Gasteiger partial charge in [0.25, 0.3) is 0 Å². The molecule has 0 radical (unpaired) electrons. The highest BCUT2D eigenvalue weighted by Crippen LogP contribution is 2.32. The van der Waals surface area contributed by atoms with Gasteiger partial charge in [0.2, 0.25) is 11.8 Å². The molecule has 0 saturated carbocycles. The summed E-state index contributed by atoms with van der Waals surface area (Å²) < 4.78 is 5.93. The molecule has 1 aliphatic heterocycles. The van der Waals surface area contributed by atoms with Crippen LogP contribution in [0.3, 0.4) is 0 Å². The summed E-state index contributed by atoms with van der Waals surface area (Å²) in [7, 11) is 0. The van der Waals surface area contributed by atoms with E-state index < -0.39 is 0 Å². The largest absolute Gasteiger partial charge is 0.455 e. The van der Waals surface area contributed by atoms with Crippen LogP contribution in [-0.2, 0) is 9.59 Å². The van der Waals surface area contributed by atoms with E-state index in [4.69, 9.17) is 16.3 Å². The summed E-state index contributed by atoms with van der Waals surface area (Å²) in [5.41, 5.74) is 1.55. The van der Waals surface area contributed by atoms with E-state index in [-0.39, 0.29) is 24.1 Å². The van der Waals surface area contributed by atoms with Crippen LogP contribution in [0.1, 0.15) is 15.9 Å². The Morgan fingerprint density at radius 3 is 2.41 bits per heavy atom. The molecule has 3 aromatic rings. The van der Waals surface area contributed by atoms with Crippen LogP contribution in [0.25, 0.3) is 0 Å². The molecule has 2 amide bonds. The molecule has 1 saturated heterocycles. The molecule has 0 spiro atoms. The first kappa shape index (κ1) is 21.9. The molecule has 4 rings (SSSR count). The van der Waals surface area contributed by atoms with Gasteiger partial charge in [0.15, 0.2) is 11.5 Å². The molecule has 0 aromatic heterocycles. The Hall–Kier alpha value is -3.29. The number of hydrogen-bond donors (Lipinski definition) is 1. The number of amides is 2.